The lowest BCUT2D eigenvalue weighted by atomic mass is 9.99. The molecule has 2 rings (SSSR count). The number of halogens is 3. The molecule has 1 amide bonds. The van der Waals surface area contributed by atoms with Gasteiger partial charge in [0.15, 0.2) is 0 Å². The van der Waals surface area contributed by atoms with E-state index >= 15 is 0 Å². The summed E-state index contributed by atoms with van der Waals surface area (Å²) in [4.78, 5) is 12.3. The fourth-order valence-corrected chi connectivity index (χ4v) is 2.36. The van der Waals surface area contributed by atoms with Gasteiger partial charge < -0.3 is 10.2 Å². The van der Waals surface area contributed by atoms with Gasteiger partial charge in [-0.2, -0.15) is 23.3 Å². The van der Waals surface area contributed by atoms with Crippen LogP contribution >= 0.6 is 0 Å². The van der Waals surface area contributed by atoms with E-state index in [4.69, 9.17) is 0 Å². The molecule has 0 saturated heterocycles. The molecule has 126 valence electrons. The average molecular weight is 330 g/mol. The van der Waals surface area contributed by atoms with Crippen molar-refractivity contribution in [3.8, 4) is 5.75 Å². The highest BCUT2D eigenvalue weighted by molar-refractivity contribution is 5.98. The first-order valence-electron chi connectivity index (χ1n) is 7.03. The molecule has 0 unspecified atom stereocenters. The van der Waals surface area contributed by atoms with Crippen LogP contribution in [-0.2, 0) is 0 Å². The van der Waals surface area contributed by atoms with Crippen LogP contribution in [0.4, 0.5) is 13.2 Å². The van der Waals surface area contributed by atoms with Gasteiger partial charge in [-0.05, 0) is 36.6 Å². The maximum absolute atomic E-state index is 13.3. The highest BCUT2D eigenvalue weighted by Crippen LogP contribution is 2.41. The van der Waals surface area contributed by atoms with Crippen molar-refractivity contribution in [1.82, 2.24) is 5.01 Å². The van der Waals surface area contributed by atoms with E-state index in [1.165, 1.54) is 24.3 Å². The highest BCUT2D eigenvalue weighted by atomic mass is 19.4. The number of aliphatic hydroxyl groups is 1. The lowest BCUT2D eigenvalue weighted by Gasteiger charge is -2.32. The van der Waals surface area contributed by atoms with Crippen LogP contribution in [0.1, 0.15) is 37.0 Å². The van der Waals surface area contributed by atoms with Crippen LogP contribution in [0.15, 0.2) is 29.4 Å². The van der Waals surface area contributed by atoms with Crippen molar-refractivity contribution in [3.05, 3.63) is 29.8 Å². The van der Waals surface area contributed by atoms with Gasteiger partial charge in [0.05, 0.1) is 0 Å². The van der Waals surface area contributed by atoms with Crippen molar-refractivity contribution in [2.75, 3.05) is 0 Å². The predicted molar refractivity (Wildman–Crippen MR) is 76.8 cm³/mol. The molecular weight excluding hydrogens is 313 g/mol. The minimum absolute atomic E-state index is 0.0370. The van der Waals surface area contributed by atoms with Gasteiger partial charge >= 0.3 is 6.18 Å². The van der Waals surface area contributed by atoms with E-state index in [0.717, 1.165) is 0 Å². The monoisotopic (exact) mass is 330 g/mol. The highest BCUT2D eigenvalue weighted by Gasteiger charge is 2.63. The van der Waals surface area contributed by atoms with E-state index in [0.29, 0.717) is 0 Å². The summed E-state index contributed by atoms with van der Waals surface area (Å²) in [7, 11) is 0. The van der Waals surface area contributed by atoms with Gasteiger partial charge in [-0.3, -0.25) is 4.79 Å². The fraction of sp³-hybridized carbons (Fsp3) is 0.467. The second-order valence-corrected chi connectivity index (χ2v) is 5.92. The summed E-state index contributed by atoms with van der Waals surface area (Å²) in [5.41, 5.74) is -3.35. The molecule has 5 nitrogen and oxygen atoms in total. The van der Waals surface area contributed by atoms with Crippen LogP contribution < -0.4 is 0 Å². The van der Waals surface area contributed by atoms with Gasteiger partial charge in [0.1, 0.15) is 5.75 Å². The minimum Gasteiger partial charge on any atom is -0.508 e. The minimum atomic E-state index is -5.04. The normalized spacial score (nSPS) is 21.7. The van der Waals surface area contributed by atoms with Gasteiger partial charge in [-0.25, -0.2) is 0 Å². The number of phenols is 1. The summed E-state index contributed by atoms with van der Waals surface area (Å²) >= 11 is 0. The van der Waals surface area contributed by atoms with E-state index in [9.17, 15) is 28.2 Å². The standard InChI is InChI=1S/C15H17F3N2O3/c1-9(2)7-11-8-14(23,15(16,17)18)20(19-11)13(22)10-3-5-12(21)6-4-10/h3-6,9,21,23H,7-8H2,1-2H3/t14-/m0/s1. The largest absolute Gasteiger partial charge is 0.508 e. The number of hydrogen-bond acceptors (Lipinski definition) is 4. The van der Waals surface area contributed by atoms with E-state index in [1.807, 2.05) is 0 Å². The number of aromatic hydroxyl groups is 1. The summed E-state index contributed by atoms with van der Waals surface area (Å²) < 4.78 is 39.9. The molecule has 1 aliphatic heterocycles. The maximum Gasteiger partial charge on any atom is 0.438 e. The van der Waals surface area contributed by atoms with Crippen LogP contribution in [0.25, 0.3) is 0 Å². The van der Waals surface area contributed by atoms with E-state index in [2.05, 4.69) is 5.10 Å². The first kappa shape index (κ1) is 17.3. The summed E-state index contributed by atoms with van der Waals surface area (Å²) in [5.74, 6) is -1.17. The Balaban J connectivity index is 2.39. The number of amides is 1. The third-order valence-electron chi connectivity index (χ3n) is 3.45. The van der Waals surface area contributed by atoms with Crippen LogP contribution in [0, 0.1) is 5.92 Å². The Kier molecular flexibility index (Phi) is 4.39. The number of carbonyl (C=O) groups is 1. The first-order chi connectivity index (χ1) is 10.5. The summed E-state index contributed by atoms with van der Waals surface area (Å²) in [6.07, 6.45) is -5.56. The third kappa shape index (κ3) is 3.31. The van der Waals surface area contributed by atoms with Crippen molar-refractivity contribution in [2.45, 2.75) is 38.6 Å². The lowest BCUT2D eigenvalue weighted by molar-refractivity contribution is -0.297. The zero-order valence-electron chi connectivity index (χ0n) is 12.6. The number of benzene rings is 1. The number of alkyl halides is 3. The maximum atomic E-state index is 13.3. The van der Waals surface area contributed by atoms with Crippen molar-refractivity contribution < 1.29 is 28.2 Å². The molecule has 1 aliphatic rings. The van der Waals surface area contributed by atoms with E-state index in [1.54, 1.807) is 13.8 Å². The van der Waals surface area contributed by atoms with Crippen LogP contribution in [0.3, 0.4) is 0 Å². The second kappa shape index (κ2) is 5.84. The number of hydrogen-bond donors (Lipinski definition) is 2. The Labute approximate surface area is 131 Å². The molecule has 1 aromatic carbocycles. The fourth-order valence-electron chi connectivity index (χ4n) is 2.36. The van der Waals surface area contributed by atoms with E-state index < -0.39 is 24.2 Å². The van der Waals surface area contributed by atoms with Crippen LogP contribution in [0.2, 0.25) is 0 Å². The molecule has 0 aromatic heterocycles. The van der Waals surface area contributed by atoms with Crippen molar-refractivity contribution in [3.63, 3.8) is 0 Å². The molecule has 0 bridgehead atoms. The number of nitrogens with zero attached hydrogens (tertiary/aromatic N) is 2. The summed E-state index contributed by atoms with van der Waals surface area (Å²) in [6, 6.07) is 4.69. The predicted octanol–water partition coefficient (Wildman–Crippen LogP) is 2.89. The number of hydrazone groups is 1. The van der Waals surface area contributed by atoms with Crippen LogP contribution in [0.5, 0.6) is 5.75 Å². The molecule has 0 saturated carbocycles. The van der Waals surface area contributed by atoms with E-state index in [-0.39, 0.29) is 34.4 Å². The SMILES string of the molecule is CC(C)CC1=NN(C(=O)c2ccc(O)cc2)[C@@](O)(C(F)(F)F)C1. The zero-order valence-corrected chi connectivity index (χ0v) is 12.6. The molecule has 0 spiro atoms. The number of phenolic OH excluding ortho intramolecular Hbond substituents is 1. The van der Waals surface area contributed by atoms with Gasteiger partial charge in [0.25, 0.3) is 11.6 Å². The van der Waals surface area contributed by atoms with Gasteiger partial charge in [0, 0.05) is 17.7 Å². The van der Waals surface area contributed by atoms with Crippen molar-refractivity contribution in [2.24, 2.45) is 11.0 Å². The number of rotatable bonds is 3. The molecule has 0 fully saturated rings. The molecule has 0 aliphatic carbocycles. The van der Waals surface area contributed by atoms with Gasteiger partial charge in [-0.1, -0.05) is 13.8 Å². The summed E-state index contributed by atoms with van der Waals surface area (Å²) in [6.45, 7) is 3.61. The molecule has 1 heterocycles. The Morgan fingerprint density at radius 1 is 1.35 bits per heavy atom. The Bertz CT molecular complexity index is 626. The molecule has 1 aromatic rings. The Morgan fingerprint density at radius 2 is 1.91 bits per heavy atom. The Hall–Kier alpha value is -2.09. The Morgan fingerprint density at radius 3 is 2.39 bits per heavy atom. The third-order valence-corrected chi connectivity index (χ3v) is 3.45. The lowest BCUT2D eigenvalue weighted by Crippen LogP contribution is -2.56. The molecule has 2 N–H and O–H groups in total. The average Bonchev–Trinajstić information content (AvgIpc) is 2.75. The number of carbonyl (C=O) groups excluding carboxylic acids is 1. The quantitative estimate of drug-likeness (QED) is 0.895. The topological polar surface area (TPSA) is 73.1 Å². The zero-order chi connectivity index (χ0) is 17.4. The first-order valence-corrected chi connectivity index (χ1v) is 7.03. The van der Waals surface area contributed by atoms with Crippen molar-refractivity contribution >= 4 is 11.6 Å². The smallest absolute Gasteiger partial charge is 0.438 e. The molecular formula is C15H17F3N2O3. The second-order valence-electron chi connectivity index (χ2n) is 5.92. The molecule has 0 radical (unpaired) electrons. The molecule has 1 atom stereocenters. The molecule has 23 heavy (non-hydrogen) atoms. The van der Waals surface area contributed by atoms with Crippen molar-refractivity contribution in [1.29, 1.82) is 0 Å². The van der Waals surface area contributed by atoms with Gasteiger partial charge in [0.2, 0.25) is 0 Å². The van der Waals surface area contributed by atoms with Gasteiger partial charge in [-0.15, -0.1) is 0 Å². The molecule has 8 heteroatoms. The van der Waals surface area contributed by atoms with Crippen LogP contribution in [-0.4, -0.2) is 38.7 Å². The summed E-state index contributed by atoms with van der Waals surface area (Å²) in [5, 5.41) is 23.1.